The Balaban J connectivity index is 1.59. The van der Waals surface area contributed by atoms with Crippen molar-refractivity contribution in [2.45, 2.75) is 25.4 Å². The number of nitrogens with zero attached hydrogens (tertiary/aromatic N) is 2. The van der Waals surface area contributed by atoms with E-state index in [9.17, 15) is 4.79 Å². The Morgan fingerprint density at radius 1 is 0.880 bits per heavy atom. The molecule has 0 aromatic heterocycles. The van der Waals surface area contributed by atoms with Crippen molar-refractivity contribution < 1.29 is 4.79 Å². The highest BCUT2D eigenvalue weighted by Crippen LogP contribution is 2.53. The smallest absolute Gasteiger partial charge is 0.154 e. The minimum Gasteiger partial charge on any atom is -0.298 e. The lowest BCUT2D eigenvalue weighted by Crippen LogP contribution is -2.77. The number of hydrogen-bond donors (Lipinski definition) is 0. The number of carbonyl (C=O) groups is 1. The summed E-state index contributed by atoms with van der Waals surface area (Å²) < 4.78 is 0. The van der Waals surface area contributed by atoms with Crippen molar-refractivity contribution in [1.82, 2.24) is 9.80 Å². The third-order valence-corrected chi connectivity index (χ3v) is 6.43. The zero-order valence-electron chi connectivity index (χ0n) is 14.9. The molecule has 4 fully saturated rings. The fourth-order valence-corrected chi connectivity index (χ4v) is 5.47. The molecule has 0 amide bonds. The first-order chi connectivity index (χ1) is 12.0. The molecule has 0 saturated carbocycles. The molecule has 25 heavy (non-hydrogen) atoms. The van der Waals surface area contributed by atoms with E-state index in [0.29, 0.717) is 11.9 Å². The van der Waals surface area contributed by atoms with Gasteiger partial charge in [0.05, 0.1) is 17.0 Å². The molecular weight excluding hydrogens is 308 g/mol. The Kier molecular flexibility index (Phi) is 3.08. The molecule has 0 aliphatic carbocycles. The number of rotatable bonds is 2. The summed E-state index contributed by atoms with van der Waals surface area (Å²) in [5.74, 6) is 0.445. The summed E-state index contributed by atoms with van der Waals surface area (Å²) in [5, 5.41) is 0. The van der Waals surface area contributed by atoms with Gasteiger partial charge in [-0.25, -0.2) is 0 Å². The van der Waals surface area contributed by atoms with Gasteiger partial charge in [0.2, 0.25) is 0 Å². The van der Waals surface area contributed by atoms with Crippen LogP contribution in [-0.4, -0.2) is 41.8 Å². The highest BCUT2D eigenvalue weighted by Gasteiger charge is 2.64. The minimum atomic E-state index is -0.367. The molecule has 0 radical (unpaired) electrons. The van der Waals surface area contributed by atoms with Gasteiger partial charge in [0.25, 0.3) is 0 Å². The Hall–Kier alpha value is -1.97. The molecule has 3 heteroatoms. The molecule has 2 unspecified atom stereocenters. The largest absolute Gasteiger partial charge is 0.298 e. The summed E-state index contributed by atoms with van der Waals surface area (Å²) in [6, 6.07) is 19.3. The molecule has 4 aliphatic heterocycles. The quantitative estimate of drug-likeness (QED) is 0.844. The predicted octanol–water partition coefficient (Wildman–Crippen LogP) is 3.15. The van der Waals surface area contributed by atoms with Gasteiger partial charge in [-0.3, -0.25) is 14.6 Å². The van der Waals surface area contributed by atoms with Gasteiger partial charge in [0, 0.05) is 26.2 Å². The molecule has 6 rings (SSSR count). The van der Waals surface area contributed by atoms with Crippen molar-refractivity contribution in [3.8, 4) is 0 Å². The van der Waals surface area contributed by atoms with Crippen molar-refractivity contribution in [2.24, 2.45) is 5.41 Å². The maximum absolute atomic E-state index is 13.5. The van der Waals surface area contributed by atoms with E-state index in [0.717, 1.165) is 26.2 Å². The fraction of sp³-hybridized carbons (Fsp3) is 0.409. The van der Waals surface area contributed by atoms with Crippen molar-refractivity contribution in [3.05, 3.63) is 71.3 Å². The van der Waals surface area contributed by atoms with Crippen molar-refractivity contribution in [2.75, 3.05) is 26.2 Å². The van der Waals surface area contributed by atoms with Gasteiger partial charge < -0.3 is 0 Å². The molecule has 2 aromatic rings. The standard InChI is InChI=1S/C22H24N2O/c1-16-8-10-17(11-9-16)19-23-12-21(2)13-24(19)15-22(14-23,20(21)25)18-6-4-3-5-7-18/h3-11,19H,12-15H2,1-2H3. The normalized spacial score (nSPS) is 39.0. The van der Waals surface area contributed by atoms with Crippen LogP contribution < -0.4 is 0 Å². The van der Waals surface area contributed by atoms with E-state index in [-0.39, 0.29) is 10.8 Å². The van der Waals surface area contributed by atoms with E-state index in [1.165, 1.54) is 16.7 Å². The number of benzene rings is 2. The number of hydrogen-bond acceptors (Lipinski definition) is 3. The molecule has 2 aromatic carbocycles. The predicted molar refractivity (Wildman–Crippen MR) is 98.3 cm³/mol. The molecule has 4 saturated heterocycles. The molecule has 3 nitrogen and oxygen atoms in total. The highest BCUT2D eigenvalue weighted by atomic mass is 16.1. The second-order valence-electron chi connectivity index (χ2n) is 8.43. The lowest BCUT2D eigenvalue weighted by molar-refractivity contribution is -0.185. The average molecular weight is 332 g/mol. The van der Waals surface area contributed by atoms with E-state index >= 15 is 0 Å². The van der Waals surface area contributed by atoms with Crippen LogP contribution in [0.15, 0.2) is 54.6 Å². The van der Waals surface area contributed by atoms with Crippen LogP contribution in [0, 0.1) is 12.3 Å². The zero-order valence-corrected chi connectivity index (χ0v) is 14.9. The first-order valence-corrected chi connectivity index (χ1v) is 9.17. The summed E-state index contributed by atoms with van der Waals surface area (Å²) in [6.07, 6.45) is 0.304. The Bertz CT molecular complexity index is 811. The third kappa shape index (κ3) is 2.03. The van der Waals surface area contributed by atoms with Crippen LogP contribution in [-0.2, 0) is 10.2 Å². The summed E-state index contributed by atoms with van der Waals surface area (Å²) in [4.78, 5) is 18.5. The summed E-state index contributed by atoms with van der Waals surface area (Å²) in [6.45, 7) is 7.70. The zero-order chi connectivity index (χ0) is 17.2. The van der Waals surface area contributed by atoms with Gasteiger partial charge in [0.15, 0.2) is 5.78 Å². The van der Waals surface area contributed by atoms with E-state index in [1.807, 2.05) is 6.07 Å². The van der Waals surface area contributed by atoms with Crippen molar-refractivity contribution in [3.63, 3.8) is 0 Å². The topological polar surface area (TPSA) is 23.6 Å². The molecule has 128 valence electrons. The number of piperidine rings is 2. The molecular formula is C22H24N2O. The lowest BCUT2D eigenvalue weighted by atomic mass is 9.58. The van der Waals surface area contributed by atoms with Gasteiger partial charge in [-0.05, 0) is 18.1 Å². The van der Waals surface area contributed by atoms with E-state index in [2.05, 4.69) is 72.2 Å². The highest BCUT2D eigenvalue weighted by molar-refractivity contribution is 5.97. The second-order valence-corrected chi connectivity index (χ2v) is 8.43. The lowest BCUT2D eigenvalue weighted by Gasteiger charge is -2.65. The third-order valence-electron chi connectivity index (χ3n) is 6.43. The fourth-order valence-electron chi connectivity index (χ4n) is 5.47. The number of ketones is 1. The Morgan fingerprint density at radius 2 is 1.48 bits per heavy atom. The molecule has 0 N–H and O–H groups in total. The first kappa shape index (κ1) is 15.3. The van der Waals surface area contributed by atoms with Gasteiger partial charge in [0.1, 0.15) is 0 Å². The van der Waals surface area contributed by atoms with E-state index < -0.39 is 0 Å². The Morgan fingerprint density at radius 3 is 2.08 bits per heavy atom. The molecule has 2 atom stereocenters. The van der Waals surface area contributed by atoms with Crippen molar-refractivity contribution in [1.29, 1.82) is 0 Å². The molecule has 4 bridgehead atoms. The van der Waals surface area contributed by atoms with Gasteiger partial charge in [-0.15, -0.1) is 0 Å². The van der Waals surface area contributed by atoms with Crippen molar-refractivity contribution >= 4 is 5.78 Å². The maximum Gasteiger partial charge on any atom is 0.154 e. The summed E-state index contributed by atoms with van der Waals surface area (Å²) >= 11 is 0. The minimum absolute atomic E-state index is 0.256. The molecule has 0 spiro atoms. The van der Waals surface area contributed by atoms with Crippen LogP contribution in [0.2, 0.25) is 0 Å². The van der Waals surface area contributed by atoms with Crippen LogP contribution in [0.25, 0.3) is 0 Å². The number of aryl methyl sites for hydroxylation is 1. The Labute approximate surface area is 149 Å². The number of Topliss-reactive ketones (excluding diaryl/α,β-unsaturated/α-hetero) is 1. The second kappa shape index (κ2) is 5.03. The first-order valence-electron chi connectivity index (χ1n) is 9.17. The van der Waals surface area contributed by atoms with Crippen LogP contribution in [0.3, 0.4) is 0 Å². The van der Waals surface area contributed by atoms with Gasteiger partial charge in [-0.2, -0.15) is 0 Å². The van der Waals surface area contributed by atoms with Crippen LogP contribution in [0.4, 0.5) is 0 Å². The monoisotopic (exact) mass is 332 g/mol. The molecule has 4 aliphatic rings. The van der Waals surface area contributed by atoms with Crippen LogP contribution in [0.1, 0.15) is 29.8 Å². The average Bonchev–Trinajstić information content (AvgIpc) is 2.60. The van der Waals surface area contributed by atoms with E-state index in [4.69, 9.17) is 0 Å². The van der Waals surface area contributed by atoms with Crippen LogP contribution in [0.5, 0.6) is 0 Å². The summed E-state index contributed by atoms with van der Waals surface area (Å²) in [7, 11) is 0. The van der Waals surface area contributed by atoms with Gasteiger partial charge in [-0.1, -0.05) is 67.1 Å². The van der Waals surface area contributed by atoms with Gasteiger partial charge >= 0.3 is 0 Å². The number of carbonyl (C=O) groups excluding carboxylic acids is 1. The molecule has 4 heterocycles. The van der Waals surface area contributed by atoms with E-state index in [1.54, 1.807) is 0 Å². The summed E-state index contributed by atoms with van der Waals surface area (Å²) in [5.41, 5.74) is 3.20. The van der Waals surface area contributed by atoms with Crippen LogP contribution >= 0.6 is 0 Å². The maximum atomic E-state index is 13.5. The SMILES string of the molecule is Cc1ccc(C2N3CC4(C)CN2CC(c2ccccc2)(C3)C4=O)cc1.